The van der Waals surface area contributed by atoms with Crippen molar-refractivity contribution < 1.29 is 61.6 Å². The minimum atomic E-state index is -4.83. The number of azide groups is 2. The molecule has 39 heteroatoms. The fourth-order valence-electron chi connectivity index (χ4n) is 6.03. The second-order valence-corrected chi connectivity index (χ2v) is 30.2. The number of fused-ring (bicyclic) bond motifs is 2. The summed E-state index contributed by atoms with van der Waals surface area (Å²) in [6.07, 6.45) is -0.241. The first kappa shape index (κ1) is 60.4. The molecular weight excluding hydrogens is 1100 g/mol. The van der Waals surface area contributed by atoms with E-state index in [-0.39, 0.29) is 78.3 Å². The summed E-state index contributed by atoms with van der Waals surface area (Å²) in [7, 11) is -9.49. The van der Waals surface area contributed by atoms with Crippen LogP contribution in [0.3, 0.4) is 0 Å². The van der Waals surface area contributed by atoms with E-state index in [2.05, 4.69) is 60.6 Å². The molecule has 70 heavy (non-hydrogen) atoms. The van der Waals surface area contributed by atoms with E-state index in [1.54, 1.807) is 27.7 Å². The number of aromatic nitrogens is 8. The van der Waals surface area contributed by atoms with Crippen molar-refractivity contribution >= 4 is 118 Å². The predicted molar refractivity (Wildman–Crippen MR) is 256 cm³/mol. The molecular formula is C31H46Cl4N16O15P4. The monoisotopic (exact) mass is 1150 g/mol. The molecule has 2 saturated heterocycles. The largest absolute Gasteiger partial charge is 0.394 e. The zero-order valence-corrected chi connectivity index (χ0v) is 42.6. The highest BCUT2D eigenvalue weighted by atomic mass is 35.9. The van der Waals surface area contributed by atoms with Gasteiger partial charge in [0.05, 0.1) is 50.2 Å². The van der Waals surface area contributed by atoms with Crippen LogP contribution in [0, 0.1) is 11.8 Å². The number of rotatable bonds is 16. The summed E-state index contributed by atoms with van der Waals surface area (Å²) >= 11 is 20.0. The predicted octanol–water partition coefficient (Wildman–Crippen LogP) is 6.61. The van der Waals surface area contributed by atoms with Gasteiger partial charge in [0.15, 0.2) is 28.2 Å². The van der Waals surface area contributed by atoms with E-state index < -0.39 is 93.2 Å². The highest BCUT2D eigenvalue weighted by molar-refractivity contribution is 8.21. The van der Waals surface area contributed by atoms with E-state index >= 15 is 0 Å². The number of aromatic amines is 2. The van der Waals surface area contributed by atoms with Crippen LogP contribution in [-0.2, 0) is 41.8 Å². The van der Waals surface area contributed by atoms with Crippen molar-refractivity contribution in [2.75, 3.05) is 35.7 Å². The molecule has 2 aliphatic heterocycles. The second-order valence-electron chi connectivity index (χ2n) is 15.2. The van der Waals surface area contributed by atoms with Crippen LogP contribution in [0.5, 0.6) is 0 Å². The van der Waals surface area contributed by atoms with Gasteiger partial charge in [-0.25, -0.2) is 9.97 Å². The molecule has 0 aromatic carbocycles. The first-order chi connectivity index (χ1) is 31.9. The number of aliphatic hydroxyl groups excluding tert-OH is 1. The maximum atomic E-state index is 12.4. The van der Waals surface area contributed by atoms with Gasteiger partial charge in [0, 0.05) is 34.5 Å². The molecule has 4 aromatic rings. The van der Waals surface area contributed by atoms with E-state index in [1.165, 1.54) is 21.8 Å². The van der Waals surface area contributed by atoms with Gasteiger partial charge in [-0.15, -0.1) is 0 Å². The minimum absolute atomic E-state index is 0. The molecule has 5 unspecified atom stereocenters. The van der Waals surface area contributed by atoms with Crippen molar-refractivity contribution in [3.05, 3.63) is 54.2 Å². The molecule has 31 nitrogen and oxygen atoms in total. The molecule has 0 aliphatic carbocycles. The highest BCUT2D eigenvalue weighted by Crippen LogP contribution is 2.72. The quantitative estimate of drug-likeness (QED) is 0.0253. The fraction of sp³-hybridized carbons (Fsp3) is 0.613. The first-order valence-electron chi connectivity index (χ1n) is 19.5. The van der Waals surface area contributed by atoms with Crippen molar-refractivity contribution in [3.63, 3.8) is 0 Å². The van der Waals surface area contributed by atoms with Gasteiger partial charge in [0.25, 0.3) is 22.8 Å². The minimum Gasteiger partial charge on any atom is -0.394 e. The Kier molecular flexibility index (Phi) is 21.7. The Morgan fingerprint density at radius 2 is 1.20 bits per heavy atom. The molecule has 0 radical (unpaired) electrons. The van der Waals surface area contributed by atoms with Crippen LogP contribution in [0.1, 0.15) is 60.4 Å². The molecule has 388 valence electrons. The zero-order chi connectivity index (χ0) is 51.8. The van der Waals surface area contributed by atoms with Gasteiger partial charge in [0.1, 0.15) is 18.4 Å². The summed E-state index contributed by atoms with van der Waals surface area (Å²) in [5.41, 5.74) is 16.7. The van der Waals surface area contributed by atoms with Crippen LogP contribution in [0.4, 0.5) is 11.9 Å². The average molecular weight is 1150 g/mol. The fourth-order valence-corrected chi connectivity index (χ4v) is 17.5. The molecule has 0 bridgehead atoms. The summed E-state index contributed by atoms with van der Waals surface area (Å²) in [6.45, 7) is 5.83. The lowest BCUT2D eigenvalue weighted by atomic mass is 10.1. The highest BCUT2D eigenvalue weighted by Gasteiger charge is 2.40. The number of amides is 2. The van der Waals surface area contributed by atoms with Gasteiger partial charge in [-0.2, -0.15) is 9.97 Å². The summed E-state index contributed by atoms with van der Waals surface area (Å²) in [5, 5.41) is 21.6. The van der Waals surface area contributed by atoms with E-state index in [1.807, 2.05) is 0 Å². The van der Waals surface area contributed by atoms with E-state index in [0.29, 0.717) is 6.42 Å². The smallest absolute Gasteiger partial charge is 0.340 e. The summed E-state index contributed by atoms with van der Waals surface area (Å²) < 4.78 is 62.9. The number of aliphatic hydroxyl groups is 1. The van der Waals surface area contributed by atoms with Crippen molar-refractivity contribution in [1.82, 2.24) is 39.0 Å². The third-order valence-corrected chi connectivity index (χ3v) is 19.1. The SMILES string of the molecule is C.CC(C)C(=O)Nc1nc2c(ncn2C2C[C@H](N=[N+]=[N-])C(CO)O2)c(=O)[nH]1.CC(C)C(=O)Nc1nc2c(ncn2C2C[C@H](N=[N+]=[N-])C(COP(=O)(O)CP(=O)(O)O)O2)c(=O)[nH]1.O=P(Cl)(Cl)CP(=O)(Cl)Cl. The molecule has 0 saturated carbocycles. The molecule has 0 spiro atoms. The Morgan fingerprint density at radius 3 is 1.54 bits per heavy atom. The Balaban J connectivity index is 0.000000318. The van der Waals surface area contributed by atoms with Crippen LogP contribution in [0.25, 0.3) is 43.2 Å². The Labute approximate surface area is 413 Å². The maximum absolute atomic E-state index is 12.4. The zero-order valence-electron chi connectivity index (χ0n) is 36.0. The number of hydrogen-bond acceptors (Lipinski definition) is 18. The molecule has 2 fully saturated rings. The number of carbonyl (C=O) groups excluding carboxylic acids is 2. The van der Waals surface area contributed by atoms with Gasteiger partial charge in [0.2, 0.25) is 23.7 Å². The van der Waals surface area contributed by atoms with E-state index in [0.717, 1.165) is 0 Å². The van der Waals surface area contributed by atoms with Gasteiger partial charge in [-0.3, -0.25) is 67.2 Å². The van der Waals surface area contributed by atoms with Crippen LogP contribution < -0.4 is 21.8 Å². The Hall–Kier alpha value is -3.94. The lowest BCUT2D eigenvalue weighted by Crippen LogP contribution is -2.25. The number of nitrogens with zero attached hydrogens (tertiary/aromatic N) is 12. The number of imidazole rings is 2. The Morgan fingerprint density at radius 1 is 0.800 bits per heavy atom. The molecule has 6 rings (SSSR count). The molecule has 2 aliphatic rings. The lowest BCUT2D eigenvalue weighted by Gasteiger charge is -2.19. The summed E-state index contributed by atoms with van der Waals surface area (Å²) in [5.74, 6) is -10.1. The molecule has 6 heterocycles. The maximum Gasteiger partial charge on any atom is 0.340 e. The van der Waals surface area contributed by atoms with Crippen LogP contribution in [-0.4, -0.2) is 120 Å². The van der Waals surface area contributed by atoms with Crippen LogP contribution in [0.15, 0.2) is 32.5 Å². The van der Waals surface area contributed by atoms with Crippen LogP contribution >= 0.6 is 71.8 Å². The molecule has 4 aromatic heterocycles. The standard InChI is InChI=1S/C15H22N8O9P2.C14H18N8O4.CH2Cl4O2P2.CH4/c1-7(2)13(24)19-15-18-12-11(14(25)20-15)17-5-23(12)10-3-8(21-22-16)9(32-10)4-31-34(29,30)6-33(26,27)28;1-6(2)12(24)18-14-17-11-10(13(25)19-14)16-5-22(11)9-3-7(20-21-15)8(4-23)26-9;2-8(3,6)1-9(4,5)7;/h5,7-10H,3-4,6H2,1-2H3,(H,29,30)(H2,26,27,28)(H2,18,19,20,24,25);5-9,23H,3-4H2,1-2H3,(H2,17,18,19,24,25);1H2;1H4/t8-,9?,10?;7-,8?,9?;;/m00../s1. The summed E-state index contributed by atoms with van der Waals surface area (Å²) in [6, 6.07) is -1.43. The molecule has 2 amide bonds. The number of halogens is 4. The number of anilines is 2. The number of hydrogen-bond donors (Lipinski definition) is 8. The lowest BCUT2D eigenvalue weighted by molar-refractivity contribution is -0.119. The molecule has 7 atom stereocenters. The van der Waals surface area contributed by atoms with Crippen molar-refractivity contribution in [2.45, 2.75) is 84.7 Å². The average Bonchev–Trinajstić information content (AvgIpc) is 4.01. The van der Waals surface area contributed by atoms with Gasteiger partial charge >= 0.3 is 15.2 Å². The molecule has 8 N–H and O–H groups in total. The van der Waals surface area contributed by atoms with E-state index in [4.69, 9.17) is 79.8 Å². The van der Waals surface area contributed by atoms with Crippen molar-refractivity contribution in [1.29, 1.82) is 0 Å². The van der Waals surface area contributed by atoms with Gasteiger partial charge in [-0.05, 0) is 56.0 Å². The number of ether oxygens (including phenoxy) is 2. The second kappa shape index (κ2) is 25.1. The third-order valence-electron chi connectivity index (χ3n) is 9.14. The Bertz CT molecular complexity index is 2930. The number of H-pyrrole nitrogens is 2. The third kappa shape index (κ3) is 17.7. The normalized spacial score (nSPS) is 21.1. The van der Waals surface area contributed by atoms with Crippen LogP contribution in [0.2, 0.25) is 0 Å². The number of nitrogens with one attached hydrogen (secondary N) is 4. The van der Waals surface area contributed by atoms with Crippen molar-refractivity contribution in [3.8, 4) is 0 Å². The summed E-state index contributed by atoms with van der Waals surface area (Å²) in [4.78, 5) is 103. The van der Waals surface area contributed by atoms with Gasteiger partial charge < -0.3 is 33.8 Å². The topological polar surface area (TPSA) is 460 Å². The van der Waals surface area contributed by atoms with Gasteiger partial charge in [-0.1, -0.05) is 45.4 Å². The van der Waals surface area contributed by atoms with Crippen molar-refractivity contribution in [2.24, 2.45) is 22.1 Å². The first-order valence-corrected chi connectivity index (χ1v) is 30.4. The number of carbonyl (C=O) groups is 2. The van der Waals surface area contributed by atoms with E-state index in [9.17, 15) is 47.4 Å².